The quantitative estimate of drug-likeness (QED) is 0.289. The highest BCUT2D eigenvalue weighted by atomic mass is 32.1. The molecule has 170 valence electrons. The summed E-state index contributed by atoms with van der Waals surface area (Å²) in [6.45, 7) is 1.40. The first-order valence-electron chi connectivity index (χ1n) is 11.0. The molecule has 4 heterocycles. The molecular weight excluding hydrogens is 444 g/mol. The average molecular weight is 473 g/mol. The Kier molecular flexibility index (Phi) is 7.89. The van der Waals surface area contributed by atoms with Gasteiger partial charge in [-0.15, -0.1) is 22.7 Å². The number of hydrogen-bond donors (Lipinski definition) is 2. The number of H-pyrrole nitrogens is 2. The van der Waals surface area contributed by atoms with Gasteiger partial charge in [0.2, 0.25) is 0 Å². The number of nitrogens with zero attached hydrogens (tertiary/aromatic N) is 4. The van der Waals surface area contributed by atoms with Crippen molar-refractivity contribution in [2.75, 3.05) is 0 Å². The van der Waals surface area contributed by atoms with E-state index in [0.29, 0.717) is 25.9 Å². The highest BCUT2D eigenvalue weighted by molar-refractivity contribution is 7.10. The van der Waals surface area contributed by atoms with Crippen molar-refractivity contribution in [3.05, 3.63) is 77.4 Å². The zero-order chi connectivity index (χ0) is 22.2. The van der Waals surface area contributed by atoms with Gasteiger partial charge in [0.15, 0.2) is 0 Å². The van der Waals surface area contributed by atoms with E-state index in [4.69, 9.17) is 0 Å². The van der Waals surface area contributed by atoms with Gasteiger partial charge in [-0.05, 0) is 35.7 Å². The summed E-state index contributed by atoms with van der Waals surface area (Å²) >= 11 is 3.36. The molecule has 4 rings (SSSR count). The van der Waals surface area contributed by atoms with E-state index in [0.717, 1.165) is 50.2 Å². The number of rotatable bonds is 13. The van der Waals surface area contributed by atoms with Gasteiger partial charge < -0.3 is 0 Å². The summed E-state index contributed by atoms with van der Waals surface area (Å²) in [4.78, 5) is 26.5. The van der Waals surface area contributed by atoms with Crippen molar-refractivity contribution >= 4 is 22.7 Å². The molecule has 0 aliphatic carbocycles. The summed E-state index contributed by atoms with van der Waals surface area (Å²) < 4.78 is 3.53. The van der Waals surface area contributed by atoms with Crippen LogP contribution in [0.3, 0.4) is 0 Å². The summed E-state index contributed by atoms with van der Waals surface area (Å²) in [5, 5.41) is 17.6. The van der Waals surface area contributed by atoms with Crippen LogP contribution >= 0.6 is 22.7 Å². The van der Waals surface area contributed by atoms with Crippen molar-refractivity contribution in [2.45, 2.75) is 64.5 Å². The number of thiophene rings is 2. The minimum Gasteiger partial charge on any atom is -0.279 e. The molecular formula is C22H28N6O2S2. The molecule has 0 aliphatic rings. The summed E-state index contributed by atoms with van der Waals surface area (Å²) in [6, 6.07) is 8.17. The summed E-state index contributed by atoms with van der Waals surface area (Å²) in [5.41, 5.74) is -0.249. The normalized spacial score (nSPS) is 11.4. The number of unbranched alkanes of at least 4 members (excludes halogenated alkanes) is 5. The molecule has 8 nitrogen and oxygen atoms in total. The Labute approximate surface area is 194 Å². The van der Waals surface area contributed by atoms with Crippen LogP contribution in [0.4, 0.5) is 0 Å². The molecule has 0 radical (unpaired) electrons. The van der Waals surface area contributed by atoms with Crippen LogP contribution in [0.25, 0.3) is 0 Å². The second-order valence-corrected chi connectivity index (χ2v) is 9.89. The van der Waals surface area contributed by atoms with Gasteiger partial charge in [-0.25, -0.2) is 19.8 Å². The average Bonchev–Trinajstić information content (AvgIpc) is 3.58. The SMILES string of the molecule is O=c1[nH]nc(Cc2cccs2)n1CCCCCCCCn1c(Cc2cccs2)n[nH]c1=O. The predicted octanol–water partition coefficient (Wildman–Crippen LogP) is 3.80. The molecule has 0 fully saturated rings. The van der Waals surface area contributed by atoms with Crippen molar-refractivity contribution in [1.29, 1.82) is 0 Å². The predicted molar refractivity (Wildman–Crippen MR) is 128 cm³/mol. The Bertz CT molecular complexity index is 1090. The molecule has 0 unspecified atom stereocenters. The smallest absolute Gasteiger partial charge is 0.279 e. The highest BCUT2D eigenvalue weighted by Crippen LogP contribution is 2.15. The molecule has 4 aromatic heterocycles. The second kappa shape index (κ2) is 11.2. The van der Waals surface area contributed by atoms with Crippen LogP contribution in [0.1, 0.15) is 59.9 Å². The van der Waals surface area contributed by atoms with E-state index in [-0.39, 0.29) is 11.4 Å². The molecule has 0 aliphatic heterocycles. The van der Waals surface area contributed by atoms with E-state index in [1.807, 2.05) is 22.9 Å². The first-order chi connectivity index (χ1) is 15.7. The fourth-order valence-corrected chi connectivity index (χ4v) is 5.22. The van der Waals surface area contributed by atoms with E-state index >= 15 is 0 Å². The van der Waals surface area contributed by atoms with E-state index in [9.17, 15) is 9.59 Å². The lowest BCUT2D eigenvalue weighted by Gasteiger charge is -2.06. The maximum absolute atomic E-state index is 12.1. The van der Waals surface area contributed by atoms with Crippen LogP contribution in [-0.4, -0.2) is 29.5 Å². The van der Waals surface area contributed by atoms with Gasteiger partial charge in [0.25, 0.3) is 0 Å². The fraction of sp³-hybridized carbons (Fsp3) is 0.455. The monoisotopic (exact) mass is 472 g/mol. The topological polar surface area (TPSA) is 101 Å². The third-order valence-electron chi connectivity index (χ3n) is 5.51. The van der Waals surface area contributed by atoms with Crippen molar-refractivity contribution in [2.24, 2.45) is 0 Å². The highest BCUT2D eigenvalue weighted by Gasteiger charge is 2.10. The molecule has 0 amide bonds. The maximum Gasteiger partial charge on any atom is 0.343 e. The minimum absolute atomic E-state index is 0.125. The Morgan fingerprint density at radius 3 is 1.53 bits per heavy atom. The lowest BCUT2D eigenvalue weighted by Crippen LogP contribution is -2.19. The first-order valence-corrected chi connectivity index (χ1v) is 12.8. The largest absolute Gasteiger partial charge is 0.343 e. The van der Waals surface area contributed by atoms with Gasteiger partial charge in [0.05, 0.1) is 0 Å². The van der Waals surface area contributed by atoms with E-state index in [1.165, 1.54) is 9.75 Å². The van der Waals surface area contributed by atoms with Crippen molar-refractivity contribution in [1.82, 2.24) is 29.5 Å². The van der Waals surface area contributed by atoms with Gasteiger partial charge >= 0.3 is 11.4 Å². The number of aromatic amines is 2. The van der Waals surface area contributed by atoms with Gasteiger partial charge in [-0.3, -0.25) is 9.13 Å². The summed E-state index contributed by atoms with van der Waals surface area (Å²) in [7, 11) is 0. The lowest BCUT2D eigenvalue weighted by molar-refractivity contribution is 0.515. The Morgan fingerprint density at radius 2 is 1.12 bits per heavy atom. The minimum atomic E-state index is -0.125. The summed E-state index contributed by atoms with van der Waals surface area (Å²) in [6.07, 6.45) is 7.70. The number of nitrogens with one attached hydrogen (secondary N) is 2. The number of aromatic nitrogens is 6. The van der Waals surface area contributed by atoms with E-state index in [1.54, 1.807) is 31.8 Å². The second-order valence-electron chi connectivity index (χ2n) is 7.83. The van der Waals surface area contributed by atoms with Crippen LogP contribution < -0.4 is 11.4 Å². The molecule has 2 N–H and O–H groups in total. The molecule has 0 saturated carbocycles. The van der Waals surface area contributed by atoms with Crippen LogP contribution in [0.15, 0.2) is 44.6 Å². The maximum atomic E-state index is 12.1. The van der Waals surface area contributed by atoms with Gasteiger partial charge in [-0.2, -0.15) is 10.2 Å². The van der Waals surface area contributed by atoms with Gasteiger partial charge in [0.1, 0.15) is 11.6 Å². The molecule has 0 aromatic carbocycles. The third-order valence-corrected chi connectivity index (χ3v) is 7.27. The van der Waals surface area contributed by atoms with E-state index < -0.39 is 0 Å². The van der Waals surface area contributed by atoms with Gasteiger partial charge in [-0.1, -0.05) is 37.8 Å². The summed E-state index contributed by atoms with van der Waals surface area (Å²) in [5.74, 6) is 1.61. The van der Waals surface area contributed by atoms with Crippen molar-refractivity contribution in [3.8, 4) is 0 Å². The third kappa shape index (κ3) is 5.95. The Hall–Kier alpha value is -2.72. The molecule has 32 heavy (non-hydrogen) atoms. The molecule has 0 saturated heterocycles. The van der Waals surface area contributed by atoms with Crippen LogP contribution in [-0.2, 0) is 25.9 Å². The van der Waals surface area contributed by atoms with Crippen LogP contribution in [0, 0.1) is 0 Å². The molecule has 0 atom stereocenters. The molecule has 0 spiro atoms. The number of hydrogen-bond acceptors (Lipinski definition) is 6. The molecule has 0 bridgehead atoms. The molecule has 10 heteroatoms. The Balaban J connectivity index is 1.14. The Morgan fingerprint density at radius 1 is 0.688 bits per heavy atom. The zero-order valence-corrected chi connectivity index (χ0v) is 19.6. The fourth-order valence-electron chi connectivity index (χ4n) is 3.82. The van der Waals surface area contributed by atoms with Gasteiger partial charge in [0, 0.05) is 35.7 Å². The lowest BCUT2D eigenvalue weighted by atomic mass is 10.1. The van der Waals surface area contributed by atoms with Crippen LogP contribution in [0.5, 0.6) is 0 Å². The first kappa shape index (κ1) is 22.5. The molecule has 4 aromatic rings. The van der Waals surface area contributed by atoms with E-state index in [2.05, 4.69) is 32.5 Å². The zero-order valence-electron chi connectivity index (χ0n) is 18.0. The van der Waals surface area contributed by atoms with Crippen LogP contribution in [0.2, 0.25) is 0 Å². The van der Waals surface area contributed by atoms with Crippen molar-refractivity contribution < 1.29 is 0 Å². The van der Waals surface area contributed by atoms with Crippen molar-refractivity contribution in [3.63, 3.8) is 0 Å². The standard InChI is InChI=1S/C22H28N6O2S2/c29-21-25-23-19(15-17-9-7-13-31-17)27(21)11-5-3-1-2-4-6-12-28-20(24-26-22(28)30)16-18-10-8-14-32-18/h7-10,13-14H,1-6,11-12,15-16H2,(H,25,29)(H,26,30).